The van der Waals surface area contributed by atoms with Gasteiger partial charge in [0.15, 0.2) is 0 Å². The predicted molar refractivity (Wildman–Crippen MR) is 113 cm³/mol. The fourth-order valence-corrected chi connectivity index (χ4v) is 3.51. The Kier molecular flexibility index (Phi) is 4.63. The average molecular weight is 362 g/mol. The molecule has 26 heavy (non-hydrogen) atoms. The van der Waals surface area contributed by atoms with E-state index in [1.54, 1.807) is 0 Å². The van der Waals surface area contributed by atoms with Crippen molar-refractivity contribution in [2.24, 2.45) is 5.10 Å². The van der Waals surface area contributed by atoms with Crippen molar-refractivity contribution in [3.05, 3.63) is 78.4 Å². The summed E-state index contributed by atoms with van der Waals surface area (Å²) < 4.78 is 2.29. The van der Waals surface area contributed by atoms with Gasteiger partial charge in [0.05, 0.1) is 11.9 Å². The van der Waals surface area contributed by atoms with Gasteiger partial charge >= 0.3 is 0 Å². The molecule has 0 N–H and O–H groups in total. The van der Waals surface area contributed by atoms with E-state index in [4.69, 9.17) is 11.6 Å². The highest BCUT2D eigenvalue weighted by Crippen LogP contribution is 2.29. The third kappa shape index (κ3) is 3.06. The van der Waals surface area contributed by atoms with Crippen molar-refractivity contribution in [3.63, 3.8) is 0 Å². The van der Waals surface area contributed by atoms with Gasteiger partial charge in [-0.25, -0.2) is 0 Å². The molecule has 130 valence electrons. The molecule has 0 aliphatic carbocycles. The van der Waals surface area contributed by atoms with Crippen LogP contribution in [0.15, 0.2) is 77.9 Å². The first-order valence-corrected chi connectivity index (χ1v) is 9.21. The van der Waals surface area contributed by atoms with Crippen molar-refractivity contribution < 1.29 is 0 Å². The number of fused-ring (bicyclic) bond motifs is 3. The van der Waals surface area contributed by atoms with Gasteiger partial charge in [-0.2, -0.15) is 5.10 Å². The number of aryl methyl sites for hydroxylation is 1. The molecule has 0 fully saturated rings. The summed E-state index contributed by atoms with van der Waals surface area (Å²) in [5, 5.41) is 8.93. The molecule has 0 atom stereocenters. The zero-order valence-corrected chi connectivity index (χ0v) is 15.4. The molecule has 1 aromatic heterocycles. The Balaban J connectivity index is 1.74. The van der Waals surface area contributed by atoms with Crippen LogP contribution in [0, 0.1) is 0 Å². The van der Waals surface area contributed by atoms with Crippen molar-refractivity contribution >= 4 is 45.3 Å². The molecular formula is C22H20ClN3. The zero-order valence-electron chi connectivity index (χ0n) is 14.6. The SMILES string of the molecule is CN(N=Cc1ccc2c(c1)c1ccccc1n2CCCl)c1ccccc1. The lowest BCUT2D eigenvalue weighted by Gasteiger charge is -2.12. The van der Waals surface area contributed by atoms with E-state index in [-0.39, 0.29) is 0 Å². The molecule has 0 aliphatic heterocycles. The lowest BCUT2D eigenvalue weighted by atomic mass is 10.1. The van der Waals surface area contributed by atoms with Gasteiger partial charge in [-0.15, -0.1) is 11.6 Å². The van der Waals surface area contributed by atoms with Crippen LogP contribution in [0.3, 0.4) is 0 Å². The second kappa shape index (κ2) is 7.22. The van der Waals surface area contributed by atoms with Crippen molar-refractivity contribution in [2.75, 3.05) is 17.9 Å². The Morgan fingerprint density at radius 3 is 2.46 bits per heavy atom. The highest BCUT2D eigenvalue weighted by Gasteiger charge is 2.10. The van der Waals surface area contributed by atoms with E-state index in [0.29, 0.717) is 5.88 Å². The van der Waals surface area contributed by atoms with Crippen LogP contribution in [-0.4, -0.2) is 23.7 Å². The van der Waals surface area contributed by atoms with E-state index >= 15 is 0 Å². The van der Waals surface area contributed by atoms with Crippen LogP contribution in [0.4, 0.5) is 5.69 Å². The number of nitrogens with zero attached hydrogens (tertiary/aromatic N) is 3. The number of hydrogen-bond donors (Lipinski definition) is 0. The molecule has 0 saturated heterocycles. The molecule has 0 radical (unpaired) electrons. The monoisotopic (exact) mass is 361 g/mol. The highest BCUT2D eigenvalue weighted by molar-refractivity contribution is 6.18. The van der Waals surface area contributed by atoms with Crippen LogP contribution in [0.25, 0.3) is 21.8 Å². The Hall–Kier alpha value is -2.78. The van der Waals surface area contributed by atoms with Crippen LogP contribution in [0.1, 0.15) is 5.56 Å². The fourth-order valence-electron chi connectivity index (χ4n) is 3.34. The molecule has 1 heterocycles. The summed E-state index contributed by atoms with van der Waals surface area (Å²) >= 11 is 6.02. The van der Waals surface area contributed by atoms with Gasteiger partial charge in [0.2, 0.25) is 0 Å². The van der Waals surface area contributed by atoms with E-state index in [2.05, 4.69) is 52.1 Å². The molecule has 3 aromatic carbocycles. The second-order valence-electron chi connectivity index (χ2n) is 6.24. The largest absolute Gasteiger partial charge is 0.339 e. The fraction of sp³-hybridized carbons (Fsp3) is 0.136. The van der Waals surface area contributed by atoms with E-state index < -0.39 is 0 Å². The summed E-state index contributed by atoms with van der Waals surface area (Å²) in [5.41, 5.74) is 4.57. The van der Waals surface area contributed by atoms with Crippen molar-refractivity contribution in [1.82, 2.24) is 4.57 Å². The van der Waals surface area contributed by atoms with Crippen molar-refractivity contribution in [3.8, 4) is 0 Å². The third-order valence-corrected chi connectivity index (χ3v) is 4.78. The highest BCUT2D eigenvalue weighted by atomic mass is 35.5. The quantitative estimate of drug-likeness (QED) is 0.261. The number of hydrogen-bond acceptors (Lipinski definition) is 2. The van der Waals surface area contributed by atoms with Crippen LogP contribution >= 0.6 is 11.6 Å². The first kappa shape index (κ1) is 16.7. The Labute approximate surface area is 158 Å². The summed E-state index contributed by atoms with van der Waals surface area (Å²) in [6, 6.07) is 25.0. The minimum Gasteiger partial charge on any atom is -0.339 e. The molecular weight excluding hydrogens is 342 g/mol. The van der Waals surface area contributed by atoms with Gasteiger partial charge in [0, 0.05) is 41.3 Å². The summed E-state index contributed by atoms with van der Waals surface area (Å²) in [7, 11) is 1.96. The lowest BCUT2D eigenvalue weighted by Crippen LogP contribution is -2.08. The number of anilines is 1. The molecule has 0 saturated carbocycles. The number of benzene rings is 3. The number of alkyl halides is 1. The Bertz CT molecular complexity index is 1070. The molecule has 4 rings (SSSR count). The smallest absolute Gasteiger partial charge is 0.0590 e. The lowest BCUT2D eigenvalue weighted by molar-refractivity contribution is 0.834. The number of halogens is 1. The van der Waals surface area contributed by atoms with Crippen molar-refractivity contribution in [2.45, 2.75) is 6.54 Å². The maximum atomic E-state index is 6.02. The molecule has 3 nitrogen and oxygen atoms in total. The third-order valence-electron chi connectivity index (χ3n) is 4.61. The van der Waals surface area contributed by atoms with Crippen molar-refractivity contribution in [1.29, 1.82) is 0 Å². The molecule has 0 bridgehead atoms. The normalized spacial score (nSPS) is 11.6. The molecule has 0 amide bonds. The Morgan fingerprint density at radius 1 is 0.923 bits per heavy atom. The van der Waals surface area contributed by atoms with Gasteiger partial charge in [0.25, 0.3) is 0 Å². The molecule has 4 aromatic rings. The van der Waals surface area contributed by atoms with Gasteiger partial charge < -0.3 is 4.57 Å². The molecule has 0 aliphatic rings. The van der Waals surface area contributed by atoms with Gasteiger partial charge in [-0.05, 0) is 35.9 Å². The predicted octanol–water partition coefficient (Wildman–Crippen LogP) is 5.50. The van der Waals surface area contributed by atoms with E-state index in [0.717, 1.165) is 17.8 Å². The Morgan fingerprint density at radius 2 is 1.65 bits per heavy atom. The van der Waals surface area contributed by atoms with Gasteiger partial charge in [-0.1, -0.05) is 42.5 Å². The van der Waals surface area contributed by atoms with Gasteiger partial charge in [-0.3, -0.25) is 5.01 Å². The summed E-state index contributed by atoms with van der Waals surface area (Å²) in [6.45, 7) is 0.801. The molecule has 0 unspecified atom stereocenters. The number of rotatable bonds is 5. The zero-order chi connectivity index (χ0) is 17.9. The van der Waals surface area contributed by atoms with E-state index in [9.17, 15) is 0 Å². The average Bonchev–Trinajstić information content (AvgIpc) is 3.01. The molecule has 0 spiro atoms. The topological polar surface area (TPSA) is 20.5 Å². The maximum Gasteiger partial charge on any atom is 0.0590 e. The maximum absolute atomic E-state index is 6.02. The van der Waals surface area contributed by atoms with Crippen LogP contribution < -0.4 is 5.01 Å². The summed E-state index contributed by atoms with van der Waals surface area (Å²) in [6.07, 6.45) is 1.90. The van der Waals surface area contributed by atoms with E-state index in [1.165, 1.54) is 21.8 Å². The summed E-state index contributed by atoms with van der Waals surface area (Å²) in [4.78, 5) is 0. The number of hydrazone groups is 1. The second-order valence-corrected chi connectivity index (χ2v) is 6.62. The minimum atomic E-state index is 0.596. The van der Waals surface area contributed by atoms with Gasteiger partial charge in [0.1, 0.15) is 0 Å². The first-order valence-electron chi connectivity index (χ1n) is 8.67. The minimum absolute atomic E-state index is 0.596. The van der Waals surface area contributed by atoms with E-state index in [1.807, 2.05) is 48.6 Å². The number of aromatic nitrogens is 1. The van der Waals surface area contributed by atoms with Crippen LogP contribution in [-0.2, 0) is 6.54 Å². The van der Waals surface area contributed by atoms with Crippen LogP contribution in [0.5, 0.6) is 0 Å². The molecule has 4 heteroatoms. The standard InChI is InChI=1S/C22H20ClN3/c1-25(18-7-3-2-4-8-18)24-16-17-11-12-22-20(15-17)19-9-5-6-10-21(19)26(22)14-13-23/h2-12,15-16H,13-14H2,1H3. The number of para-hydroxylation sites is 2. The summed E-state index contributed by atoms with van der Waals surface area (Å²) in [5.74, 6) is 0.596. The first-order chi connectivity index (χ1) is 12.8. The van der Waals surface area contributed by atoms with Crippen LogP contribution in [0.2, 0.25) is 0 Å².